The summed E-state index contributed by atoms with van der Waals surface area (Å²) in [7, 11) is 1.73. The van der Waals surface area contributed by atoms with Crippen molar-refractivity contribution in [3.05, 3.63) is 36.0 Å². The van der Waals surface area contributed by atoms with Crippen LogP contribution in [0.15, 0.2) is 30.5 Å². The van der Waals surface area contributed by atoms with Gasteiger partial charge < -0.3 is 14.6 Å². The Morgan fingerprint density at radius 1 is 1.28 bits per heavy atom. The van der Waals surface area contributed by atoms with Crippen LogP contribution in [0.1, 0.15) is 25.5 Å². The summed E-state index contributed by atoms with van der Waals surface area (Å²) >= 11 is 0. The molecular formula is C15H22N2O. The van der Waals surface area contributed by atoms with E-state index in [0.717, 1.165) is 19.7 Å². The van der Waals surface area contributed by atoms with E-state index in [1.807, 2.05) is 0 Å². The van der Waals surface area contributed by atoms with Crippen LogP contribution in [-0.2, 0) is 11.3 Å². The normalized spacial score (nSPS) is 11.6. The molecule has 0 unspecified atom stereocenters. The minimum absolute atomic E-state index is 0.489. The third-order valence-electron chi connectivity index (χ3n) is 3.18. The number of hydrogen-bond donors (Lipinski definition) is 1. The van der Waals surface area contributed by atoms with Crippen molar-refractivity contribution in [3.8, 4) is 0 Å². The van der Waals surface area contributed by atoms with Gasteiger partial charge in [-0.3, -0.25) is 0 Å². The van der Waals surface area contributed by atoms with Gasteiger partial charge in [-0.2, -0.15) is 0 Å². The van der Waals surface area contributed by atoms with E-state index >= 15 is 0 Å². The molecule has 3 nitrogen and oxygen atoms in total. The first-order valence-electron chi connectivity index (χ1n) is 6.52. The first-order valence-corrected chi connectivity index (χ1v) is 6.52. The van der Waals surface area contributed by atoms with Crippen LogP contribution >= 0.6 is 0 Å². The molecule has 0 aliphatic heterocycles. The van der Waals surface area contributed by atoms with Crippen molar-refractivity contribution in [2.45, 2.75) is 26.4 Å². The van der Waals surface area contributed by atoms with E-state index in [2.05, 4.69) is 54.2 Å². The number of para-hydroxylation sites is 1. The third-order valence-corrected chi connectivity index (χ3v) is 3.18. The SMILES string of the molecule is COCCNCc1cn(C(C)C)c2ccccc12. The van der Waals surface area contributed by atoms with Crippen LogP contribution < -0.4 is 5.32 Å². The van der Waals surface area contributed by atoms with Gasteiger partial charge >= 0.3 is 0 Å². The molecule has 3 heteroatoms. The van der Waals surface area contributed by atoms with Gasteiger partial charge in [0.2, 0.25) is 0 Å². The van der Waals surface area contributed by atoms with Crippen LogP contribution in [0, 0.1) is 0 Å². The molecule has 1 heterocycles. The minimum atomic E-state index is 0.489. The van der Waals surface area contributed by atoms with Crippen LogP contribution in [-0.4, -0.2) is 24.8 Å². The summed E-state index contributed by atoms with van der Waals surface area (Å²) in [5, 5.41) is 4.75. The van der Waals surface area contributed by atoms with Gasteiger partial charge in [0.1, 0.15) is 0 Å². The van der Waals surface area contributed by atoms with Crippen LogP contribution in [0.4, 0.5) is 0 Å². The molecule has 0 radical (unpaired) electrons. The quantitative estimate of drug-likeness (QED) is 0.793. The van der Waals surface area contributed by atoms with Crippen molar-refractivity contribution in [2.75, 3.05) is 20.3 Å². The van der Waals surface area contributed by atoms with Gasteiger partial charge in [0.25, 0.3) is 0 Å². The monoisotopic (exact) mass is 246 g/mol. The van der Waals surface area contributed by atoms with E-state index < -0.39 is 0 Å². The number of ether oxygens (including phenoxy) is 1. The molecule has 0 fully saturated rings. The number of aromatic nitrogens is 1. The number of benzene rings is 1. The van der Waals surface area contributed by atoms with Gasteiger partial charge in [0.05, 0.1) is 6.61 Å². The van der Waals surface area contributed by atoms with Gasteiger partial charge in [-0.15, -0.1) is 0 Å². The molecule has 0 bridgehead atoms. The highest BCUT2D eigenvalue weighted by atomic mass is 16.5. The van der Waals surface area contributed by atoms with E-state index in [-0.39, 0.29) is 0 Å². The Morgan fingerprint density at radius 3 is 2.78 bits per heavy atom. The molecule has 98 valence electrons. The van der Waals surface area contributed by atoms with Crippen LogP contribution in [0.5, 0.6) is 0 Å². The Bertz CT molecular complexity index is 502. The number of nitrogens with zero attached hydrogens (tertiary/aromatic N) is 1. The third kappa shape index (κ3) is 2.74. The number of hydrogen-bond acceptors (Lipinski definition) is 2. The predicted octanol–water partition coefficient (Wildman–Crippen LogP) is 2.96. The molecule has 0 spiro atoms. The second-order valence-corrected chi connectivity index (χ2v) is 4.84. The zero-order valence-corrected chi connectivity index (χ0v) is 11.4. The summed E-state index contributed by atoms with van der Waals surface area (Å²) in [6.07, 6.45) is 2.26. The number of rotatable bonds is 6. The Kier molecular flexibility index (Phi) is 4.39. The number of nitrogens with one attached hydrogen (secondary N) is 1. The van der Waals surface area contributed by atoms with Crippen molar-refractivity contribution in [1.82, 2.24) is 9.88 Å². The van der Waals surface area contributed by atoms with Crippen LogP contribution in [0.3, 0.4) is 0 Å². The standard InChI is InChI=1S/C15H22N2O/c1-12(2)17-11-13(10-16-8-9-18-3)14-6-4-5-7-15(14)17/h4-7,11-12,16H,8-10H2,1-3H3. The van der Waals surface area contributed by atoms with Gasteiger partial charge in [-0.25, -0.2) is 0 Å². The Labute approximate surface area is 109 Å². The predicted molar refractivity (Wildman–Crippen MR) is 75.9 cm³/mol. The number of methoxy groups -OCH3 is 1. The van der Waals surface area contributed by atoms with Crippen LogP contribution in [0.25, 0.3) is 10.9 Å². The topological polar surface area (TPSA) is 26.2 Å². The van der Waals surface area contributed by atoms with Crippen molar-refractivity contribution in [3.63, 3.8) is 0 Å². The van der Waals surface area contributed by atoms with E-state index in [9.17, 15) is 0 Å². The molecule has 2 aromatic rings. The Balaban J connectivity index is 2.22. The zero-order chi connectivity index (χ0) is 13.0. The molecule has 1 aromatic carbocycles. The highest BCUT2D eigenvalue weighted by Gasteiger charge is 2.09. The van der Waals surface area contributed by atoms with E-state index in [1.54, 1.807) is 7.11 Å². The van der Waals surface area contributed by atoms with Crippen molar-refractivity contribution in [2.24, 2.45) is 0 Å². The second-order valence-electron chi connectivity index (χ2n) is 4.84. The second kappa shape index (κ2) is 6.03. The maximum absolute atomic E-state index is 5.04. The van der Waals surface area contributed by atoms with Gasteiger partial charge in [0.15, 0.2) is 0 Å². The fraction of sp³-hybridized carbons (Fsp3) is 0.467. The zero-order valence-electron chi connectivity index (χ0n) is 11.4. The van der Waals surface area contributed by atoms with Crippen LogP contribution in [0.2, 0.25) is 0 Å². The summed E-state index contributed by atoms with van der Waals surface area (Å²) in [5.74, 6) is 0. The molecule has 0 saturated carbocycles. The summed E-state index contributed by atoms with van der Waals surface area (Å²) in [4.78, 5) is 0. The maximum Gasteiger partial charge on any atom is 0.0587 e. The lowest BCUT2D eigenvalue weighted by Gasteiger charge is -2.08. The smallest absolute Gasteiger partial charge is 0.0587 e. The summed E-state index contributed by atoms with van der Waals surface area (Å²) < 4.78 is 7.38. The fourth-order valence-corrected chi connectivity index (χ4v) is 2.24. The van der Waals surface area contributed by atoms with Gasteiger partial charge in [-0.05, 0) is 25.5 Å². The van der Waals surface area contributed by atoms with Gasteiger partial charge in [0, 0.05) is 43.3 Å². The van der Waals surface area contributed by atoms with E-state index in [0.29, 0.717) is 6.04 Å². The molecule has 0 atom stereocenters. The summed E-state index contributed by atoms with van der Waals surface area (Å²) in [5.41, 5.74) is 2.67. The Morgan fingerprint density at radius 2 is 2.06 bits per heavy atom. The first kappa shape index (κ1) is 13.1. The van der Waals surface area contributed by atoms with Crippen molar-refractivity contribution < 1.29 is 4.74 Å². The molecule has 1 N–H and O–H groups in total. The lowest BCUT2D eigenvalue weighted by atomic mass is 10.2. The summed E-state index contributed by atoms with van der Waals surface area (Å²) in [6, 6.07) is 9.08. The lowest BCUT2D eigenvalue weighted by Crippen LogP contribution is -2.18. The van der Waals surface area contributed by atoms with Crippen molar-refractivity contribution >= 4 is 10.9 Å². The van der Waals surface area contributed by atoms with Crippen molar-refractivity contribution in [1.29, 1.82) is 0 Å². The van der Waals surface area contributed by atoms with E-state index in [1.165, 1.54) is 16.5 Å². The molecule has 18 heavy (non-hydrogen) atoms. The molecule has 0 aliphatic rings. The van der Waals surface area contributed by atoms with Gasteiger partial charge in [-0.1, -0.05) is 18.2 Å². The average molecular weight is 246 g/mol. The molecule has 0 aliphatic carbocycles. The molecule has 2 rings (SSSR count). The Hall–Kier alpha value is -1.32. The largest absolute Gasteiger partial charge is 0.383 e. The minimum Gasteiger partial charge on any atom is -0.383 e. The fourth-order valence-electron chi connectivity index (χ4n) is 2.24. The molecule has 0 amide bonds. The molecular weight excluding hydrogens is 224 g/mol. The molecule has 1 aromatic heterocycles. The first-order chi connectivity index (χ1) is 8.74. The highest BCUT2D eigenvalue weighted by molar-refractivity contribution is 5.84. The molecule has 0 saturated heterocycles. The maximum atomic E-state index is 5.04. The average Bonchev–Trinajstić information content (AvgIpc) is 2.74. The summed E-state index contributed by atoms with van der Waals surface area (Å²) in [6.45, 7) is 6.97. The lowest BCUT2D eigenvalue weighted by molar-refractivity contribution is 0.199. The number of fused-ring (bicyclic) bond motifs is 1. The van der Waals surface area contributed by atoms with E-state index in [4.69, 9.17) is 4.74 Å². The highest BCUT2D eigenvalue weighted by Crippen LogP contribution is 2.24.